The zero-order valence-electron chi connectivity index (χ0n) is 8.25. The molecule has 0 radical (unpaired) electrons. The molecule has 72 valence electrons. The molecular formula is C10H12N4. The zero-order valence-corrected chi connectivity index (χ0v) is 8.25. The summed E-state index contributed by atoms with van der Waals surface area (Å²) >= 11 is 0. The van der Waals surface area contributed by atoms with Gasteiger partial charge in [0.25, 0.3) is 0 Å². The molecule has 0 amide bonds. The van der Waals surface area contributed by atoms with Crippen molar-refractivity contribution in [2.75, 3.05) is 0 Å². The van der Waals surface area contributed by atoms with E-state index in [4.69, 9.17) is 0 Å². The number of hydrogen-bond donors (Lipinski definition) is 0. The molecular weight excluding hydrogens is 176 g/mol. The molecule has 0 fully saturated rings. The molecule has 1 heterocycles. The van der Waals surface area contributed by atoms with Crippen molar-refractivity contribution in [2.24, 2.45) is 0 Å². The van der Waals surface area contributed by atoms with Crippen molar-refractivity contribution in [3.8, 4) is 5.69 Å². The van der Waals surface area contributed by atoms with E-state index in [1.165, 1.54) is 16.7 Å². The lowest BCUT2D eigenvalue weighted by atomic mass is 10.0. The lowest BCUT2D eigenvalue weighted by Gasteiger charge is -2.05. The first-order valence-electron chi connectivity index (χ1n) is 4.60. The largest absolute Gasteiger partial charge is 0.162 e. The minimum absolute atomic E-state index is 0.549. The molecule has 0 spiro atoms. The summed E-state index contributed by atoms with van der Waals surface area (Å²) in [4.78, 5) is 1.50. The van der Waals surface area contributed by atoms with Gasteiger partial charge in [-0.3, -0.25) is 0 Å². The Morgan fingerprint density at radius 1 is 1.14 bits per heavy atom. The fourth-order valence-electron chi connectivity index (χ4n) is 1.28. The summed E-state index contributed by atoms with van der Waals surface area (Å²) in [6.07, 6.45) is 1.43. The topological polar surface area (TPSA) is 43.6 Å². The van der Waals surface area contributed by atoms with Crippen LogP contribution in [0.25, 0.3) is 5.69 Å². The normalized spacial score (nSPS) is 10.8. The molecule has 0 aliphatic heterocycles. The Balaban J connectivity index is 2.31. The van der Waals surface area contributed by atoms with Crippen LogP contribution < -0.4 is 0 Å². The van der Waals surface area contributed by atoms with E-state index in [-0.39, 0.29) is 0 Å². The van der Waals surface area contributed by atoms with Crippen molar-refractivity contribution in [3.05, 3.63) is 36.2 Å². The van der Waals surface area contributed by atoms with Crippen LogP contribution in [0.5, 0.6) is 0 Å². The third-order valence-corrected chi connectivity index (χ3v) is 2.14. The van der Waals surface area contributed by atoms with E-state index in [1.54, 1.807) is 0 Å². The van der Waals surface area contributed by atoms with Crippen LogP contribution in [0.15, 0.2) is 30.6 Å². The average Bonchev–Trinajstić information content (AvgIpc) is 2.71. The van der Waals surface area contributed by atoms with E-state index in [0.29, 0.717) is 5.92 Å². The Kier molecular flexibility index (Phi) is 2.26. The first-order valence-corrected chi connectivity index (χ1v) is 4.60. The second-order valence-electron chi connectivity index (χ2n) is 3.47. The molecule has 0 bridgehead atoms. The molecule has 0 saturated carbocycles. The smallest absolute Gasteiger partial charge is 0.135 e. The van der Waals surface area contributed by atoms with Gasteiger partial charge in [-0.15, -0.1) is 15.0 Å². The van der Waals surface area contributed by atoms with Crippen LogP contribution in [0.4, 0.5) is 0 Å². The summed E-state index contributed by atoms with van der Waals surface area (Å²) in [5.74, 6) is 0.549. The SMILES string of the molecule is CC(C)c1ccc(-n2ncnn2)cc1. The van der Waals surface area contributed by atoms with Crippen LogP contribution in [0.3, 0.4) is 0 Å². The average molecular weight is 188 g/mol. The Labute approximate surface area is 82.6 Å². The lowest BCUT2D eigenvalue weighted by Crippen LogP contribution is -1.99. The van der Waals surface area contributed by atoms with Gasteiger partial charge in [0.1, 0.15) is 0 Å². The van der Waals surface area contributed by atoms with Gasteiger partial charge in [-0.05, 0) is 28.8 Å². The molecule has 2 aromatic rings. The Bertz CT molecular complexity index is 389. The van der Waals surface area contributed by atoms with E-state index >= 15 is 0 Å². The van der Waals surface area contributed by atoms with E-state index in [9.17, 15) is 0 Å². The second-order valence-corrected chi connectivity index (χ2v) is 3.47. The molecule has 0 unspecified atom stereocenters. The highest BCUT2D eigenvalue weighted by atomic mass is 15.6. The molecule has 0 N–H and O–H groups in total. The number of hydrogen-bond acceptors (Lipinski definition) is 3. The van der Waals surface area contributed by atoms with Crippen molar-refractivity contribution in [1.82, 2.24) is 20.2 Å². The third kappa shape index (κ3) is 1.64. The predicted molar refractivity (Wildman–Crippen MR) is 53.2 cm³/mol. The van der Waals surface area contributed by atoms with E-state index in [2.05, 4.69) is 41.4 Å². The quantitative estimate of drug-likeness (QED) is 0.721. The minimum atomic E-state index is 0.549. The number of nitrogens with zero attached hydrogens (tertiary/aromatic N) is 4. The van der Waals surface area contributed by atoms with Gasteiger partial charge in [0, 0.05) is 0 Å². The second kappa shape index (κ2) is 3.57. The van der Waals surface area contributed by atoms with Gasteiger partial charge in [0.15, 0.2) is 6.33 Å². The van der Waals surface area contributed by atoms with Crippen molar-refractivity contribution in [2.45, 2.75) is 19.8 Å². The molecule has 0 aliphatic carbocycles. The monoisotopic (exact) mass is 188 g/mol. The third-order valence-electron chi connectivity index (χ3n) is 2.14. The van der Waals surface area contributed by atoms with Crippen LogP contribution in [0.2, 0.25) is 0 Å². The van der Waals surface area contributed by atoms with Crippen LogP contribution in [-0.4, -0.2) is 20.2 Å². The molecule has 2 rings (SSSR count). The lowest BCUT2D eigenvalue weighted by molar-refractivity contribution is 0.718. The number of aromatic nitrogens is 4. The zero-order chi connectivity index (χ0) is 9.97. The summed E-state index contributed by atoms with van der Waals surface area (Å²) in [6, 6.07) is 8.17. The van der Waals surface area contributed by atoms with Gasteiger partial charge in [-0.1, -0.05) is 26.0 Å². The molecule has 1 aromatic carbocycles. The Morgan fingerprint density at radius 3 is 2.36 bits per heavy atom. The summed E-state index contributed by atoms with van der Waals surface area (Å²) in [7, 11) is 0. The van der Waals surface area contributed by atoms with Crippen LogP contribution in [0.1, 0.15) is 25.3 Å². The van der Waals surface area contributed by atoms with E-state index in [1.807, 2.05) is 12.1 Å². The number of benzene rings is 1. The van der Waals surface area contributed by atoms with Gasteiger partial charge in [-0.25, -0.2) is 0 Å². The van der Waals surface area contributed by atoms with Crippen molar-refractivity contribution in [1.29, 1.82) is 0 Å². The maximum atomic E-state index is 3.96. The Hall–Kier alpha value is -1.71. The maximum Gasteiger partial charge on any atom is 0.162 e. The fourth-order valence-corrected chi connectivity index (χ4v) is 1.28. The highest BCUT2D eigenvalue weighted by molar-refractivity contribution is 5.33. The predicted octanol–water partition coefficient (Wildman–Crippen LogP) is 1.79. The van der Waals surface area contributed by atoms with E-state index < -0.39 is 0 Å². The minimum Gasteiger partial charge on any atom is -0.135 e. The molecule has 4 heteroatoms. The summed E-state index contributed by atoms with van der Waals surface area (Å²) < 4.78 is 0. The molecule has 0 aliphatic rings. The highest BCUT2D eigenvalue weighted by Gasteiger charge is 2.00. The molecule has 4 nitrogen and oxygen atoms in total. The van der Waals surface area contributed by atoms with Crippen molar-refractivity contribution < 1.29 is 0 Å². The highest BCUT2D eigenvalue weighted by Crippen LogP contribution is 2.15. The maximum absolute atomic E-state index is 3.96. The fraction of sp³-hybridized carbons (Fsp3) is 0.300. The van der Waals surface area contributed by atoms with E-state index in [0.717, 1.165) is 5.69 Å². The van der Waals surface area contributed by atoms with Gasteiger partial charge in [0.05, 0.1) is 5.69 Å². The first kappa shape index (κ1) is 8.87. The molecule has 14 heavy (non-hydrogen) atoms. The van der Waals surface area contributed by atoms with Gasteiger partial charge in [0.2, 0.25) is 0 Å². The molecule has 0 saturated heterocycles. The Morgan fingerprint density at radius 2 is 1.86 bits per heavy atom. The van der Waals surface area contributed by atoms with Gasteiger partial charge >= 0.3 is 0 Å². The van der Waals surface area contributed by atoms with Gasteiger partial charge < -0.3 is 0 Å². The summed E-state index contributed by atoms with van der Waals surface area (Å²) in [5, 5.41) is 11.4. The molecule has 0 atom stereocenters. The van der Waals surface area contributed by atoms with Gasteiger partial charge in [-0.2, -0.15) is 0 Å². The standard InChI is InChI=1S/C10H12N4/c1-8(2)9-3-5-10(6-4-9)14-12-7-11-13-14/h3-8H,1-2H3. The van der Waals surface area contributed by atoms with Crippen LogP contribution in [0, 0.1) is 0 Å². The van der Waals surface area contributed by atoms with Crippen molar-refractivity contribution >= 4 is 0 Å². The molecule has 1 aromatic heterocycles. The van der Waals surface area contributed by atoms with Crippen molar-refractivity contribution in [3.63, 3.8) is 0 Å². The number of rotatable bonds is 2. The van der Waals surface area contributed by atoms with Crippen LogP contribution in [-0.2, 0) is 0 Å². The summed E-state index contributed by atoms with van der Waals surface area (Å²) in [5.41, 5.74) is 2.25. The number of tetrazole rings is 1. The first-order chi connectivity index (χ1) is 6.77. The summed E-state index contributed by atoms with van der Waals surface area (Å²) in [6.45, 7) is 4.34. The van der Waals surface area contributed by atoms with Crippen LogP contribution >= 0.6 is 0 Å².